The van der Waals surface area contributed by atoms with E-state index in [1.807, 2.05) is 0 Å². The van der Waals surface area contributed by atoms with E-state index in [2.05, 4.69) is 459 Å². The molecule has 2 aromatic heterocycles. The molecule has 20 aromatic carbocycles. The summed E-state index contributed by atoms with van der Waals surface area (Å²) in [5.41, 5.74) is 33.1. The lowest BCUT2D eigenvalue weighted by molar-refractivity contribution is 1.18. The number of benzene rings is 20. The number of aryl methyl sites for hydroxylation is 1. The summed E-state index contributed by atoms with van der Waals surface area (Å²) in [6, 6.07) is 162. The predicted molar refractivity (Wildman–Crippen MR) is 491 cm³/mol. The van der Waals surface area contributed by atoms with E-state index in [-0.39, 0.29) is 0 Å². The van der Waals surface area contributed by atoms with E-state index in [4.69, 9.17) is 0 Å². The van der Waals surface area contributed by atoms with Gasteiger partial charge < -0.3 is 9.13 Å². The van der Waals surface area contributed by atoms with Gasteiger partial charge in [-0.3, -0.25) is 0 Å². The van der Waals surface area contributed by atoms with E-state index in [0.29, 0.717) is 0 Å². The van der Waals surface area contributed by atoms with E-state index < -0.39 is 0 Å². The van der Waals surface area contributed by atoms with Crippen molar-refractivity contribution in [3.05, 3.63) is 448 Å². The van der Waals surface area contributed by atoms with Gasteiger partial charge in [-0.15, -0.1) is 0 Å². The lowest BCUT2D eigenvalue weighted by Gasteiger charge is -2.20. The molecule has 0 saturated heterocycles. The lowest BCUT2D eigenvalue weighted by atomic mass is 9.83. The zero-order chi connectivity index (χ0) is 76.3. The van der Waals surface area contributed by atoms with Crippen molar-refractivity contribution in [3.63, 3.8) is 0 Å². The Balaban J connectivity index is 0.000000144. The van der Waals surface area contributed by atoms with Crippen molar-refractivity contribution in [1.82, 2.24) is 9.13 Å². The van der Waals surface area contributed by atoms with Crippen LogP contribution in [0.3, 0.4) is 0 Å². The minimum Gasteiger partial charge on any atom is -0.309 e. The normalized spacial score (nSPS) is 11.5. The molecule has 0 N–H and O–H groups in total. The molecule has 538 valence electrons. The first-order chi connectivity index (χ1) is 57.0. The second-order valence-corrected chi connectivity index (χ2v) is 30.1. The van der Waals surface area contributed by atoms with Crippen LogP contribution in [0, 0.1) is 6.92 Å². The molecule has 2 heterocycles. The van der Waals surface area contributed by atoms with Crippen LogP contribution in [0.15, 0.2) is 443 Å². The Morgan fingerprint density at radius 2 is 0.391 bits per heavy atom. The summed E-state index contributed by atoms with van der Waals surface area (Å²) < 4.78 is 4.84. The summed E-state index contributed by atoms with van der Waals surface area (Å²) in [7, 11) is 0. The summed E-state index contributed by atoms with van der Waals surface area (Å²) in [6.45, 7) is 2.20. The van der Waals surface area contributed by atoms with Crippen LogP contribution in [0.2, 0.25) is 0 Å². The standard InChI is InChI=1S/C57H39N.C56H37N/c1-38-28-34-51-53(36-38)57(48-24-11-10-21-45(48)40-18-6-3-7-19-40)50-26-13-12-25-49(50)56(51)41-29-32-43(33-30-41)58-54-27-15-14-23-47(54)52-37-42(31-35-55(52)58)46-22-9-8-20-44(46)39-16-4-2-5-17-39;1-3-15-38(16-4-1)39-27-29-41(30-28-39)55-48-22-9-11-24-50(48)56(51-25-12-10-23-49(51)55)42-31-34-44(35-32-42)57-53-26-14-13-21-47(53)52-37-43(33-36-54(52)57)46-20-8-7-19-45(46)40-17-5-2-6-18-40/h2-37H,1H3;1-37H. The van der Waals surface area contributed by atoms with Gasteiger partial charge in [-0.1, -0.05) is 388 Å². The number of nitrogens with zero attached hydrogens (tertiary/aromatic N) is 2. The molecule has 0 aliphatic rings. The largest absolute Gasteiger partial charge is 0.309 e. The smallest absolute Gasteiger partial charge is 0.0541 e. The molecular weight excluding hydrogens is 1390 g/mol. The van der Waals surface area contributed by atoms with Crippen molar-refractivity contribution in [2.45, 2.75) is 6.92 Å². The predicted octanol–water partition coefficient (Wildman–Crippen LogP) is 31.2. The van der Waals surface area contributed by atoms with Gasteiger partial charge in [-0.2, -0.15) is 0 Å². The maximum atomic E-state index is 2.42. The van der Waals surface area contributed by atoms with Crippen LogP contribution in [-0.2, 0) is 0 Å². The molecule has 0 unspecified atom stereocenters. The summed E-state index contributed by atoms with van der Waals surface area (Å²) in [4.78, 5) is 0. The Labute approximate surface area is 669 Å². The summed E-state index contributed by atoms with van der Waals surface area (Å²) in [5.74, 6) is 0. The Bertz CT molecular complexity index is 7400. The van der Waals surface area contributed by atoms with Crippen LogP contribution in [0.5, 0.6) is 0 Å². The number of hydrogen-bond acceptors (Lipinski definition) is 0. The first kappa shape index (κ1) is 68.1. The van der Waals surface area contributed by atoms with Gasteiger partial charge in [0.25, 0.3) is 0 Å². The van der Waals surface area contributed by atoms with Gasteiger partial charge in [-0.05, 0) is 222 Å². The third-order valence-electron chi connectivity index (χ3n) is 23.5. The maximum absolute atomic E-state index is 2.42. The maximum Gasteiger partial charge on any atom is 0.0541 e. The summed E-state index contributed by atoms with van der Waals surface area (Å²) in [5, 5.41) is 15.1. The van der Waals surface area contributed by atoms with Gasteiger partial charge in [0.05, 0.1) is 22.1 Å². The summed E-state index contributed by atoms with van der Waals surface area (Å²) >= 11 is 0. The van der Waals surface area contributed by atoms with Crippen LogP contribution in [0.25, 0.3) is 209 Å². The summed E-state index contributed by atoms with van der Waals surface area (Å²) in [6.07, 6.45) is 0. The number of aromatic nitrogens is 2. The van der Waals surface area contributed by atoms with Crippen molar-refractivity contribution in [2.75, 3.05) is 0 Å². The Morgan fingerprint density at radius 3 is 0.774 bits per heavy atom. The minimum atomic E-state index is 1.14. The second-order valence-electron chi connectivity index (χ2n) is 30.1. The molecule has 115 heavy (non-hydrogen) atoms. The number of rotatable bonds is 12. The third-order valence-corrected chi connectivity index (χ3v) is 23.5. The molecule has 2 nitrogen and oxygen atoms in total. The fourth-order valence-electron chi connectivity index (χ4n) is 18.3. The Hall–Kier alpha value is -15.0. The molecule has 0 bridgehead atoms. The van der Waals surface area contributed by atoms with Gasteiger partial charge in [0.2, 0.25) is 0 Å². The van der Waals surface area contributed by atoms with Gasteiger partial charge >= 0.3 is 0 Å². The first-order valence-corrected chi connectivity index (χ1v) is 39.8. The lowest BCUT2D eigenvalue weighted by Crippen LogP contribution is -1.95. The molecule has 0 aliphatic heterocycles. The zero-order valence-electron chi connectivity index (χ0n) is 63.5. The second kappa shape index (κ2) is 29.0. The van der Waals surface area contributed by atoms with Crippen molar-refractivity contribution < 1.29 is 0 Å². The molecule has 22 aromatic rings. The van der Waals surface area contributed by atoms with Crippen LogP contribution >= 0.6 is 0 Å². The van der Waals surface area contributed by atoms with Crippen LogP contribution in [0.4, 0.5) is 0 Å². The first-order valence-electron chi connectivity index (χ1n) is 39.8. The SMILES string of the molecule is Cc1ccc2c(-c3ccc(-n4c5ccccc5c5cc(-c6ccccc6-c6ccccc6)ccc54)cc3)c3ccccc3c(-c3ccccc3-c3ccccc3)c2c1.c1ccc(-c2ccc(-c3c4ccccc4c(-c4ccc(-n5c6ccccc6c6cc(-c7ccccc7-c7ccccc7)ccc65)cc4)c4ccccc34)cc2)cc1. The highest BCUT2D eigenvalue weighted by atomic mass is 15.0. The van der Waals surface area contributed by atoms with Crippen LogP contribution < -0.4 is 0 Å². The number of fused-ring (bicyclic) bond motifs is 10. The fraction of sp³-hybridized carbons (Fsp3) is 0.00885. The molecule has 0 aliphatic carbocycles. The van der Waals surface area contributed by atoms with E-state index in [1.54, 1.807) is 0 Å². The molecule has 22 rings (SSSR count). The molecule has 0 saturated carbocycles. The van der Waals surface area contributed by atoms with Crippen molar-refractivity contribution in [1.29, 1.82) is 0 Å². The third kappa shape index (κ3) is 12.1. The highest BCUT2D eigenvalue weighted by Crippen LogP contribution is 2.50. The van der Waals surface area contributed by atoms with Gasteiger partial charge in [0.15, 0.2) is 0 Å². The average molecular weight is 1460 g/mol. The van der Waals surface area contributed by atoms with Crippen molar-refractivity contribution in [3.8, 4) is 123 Å². The Kier molecular flexibility index (Phi) is 17.2. The van der Waals surface area contributed by atoms with Gasteiger partial charge in [0, 0.05) is 32.9 Å². The highest BCUT2D eigenvalue weighted by Gasteiger charge is 2.24. The number of para-hydroxylation sites is 2. The topological polar surface area (TPSA) is 9.86 Å². The fourth-order valence-corrected chi connectivity index (χ4v) is 18.3. The number of hydrogen-bond donors (Lipinski definition) is 0. The van der Waals surface area contributed by atoms with Gasteiger partial charge in [-0.25, -0.2) is 0 Å². The Morgan fingerprint density at radius 1 is 0.139 bits per heavy atom. The average Bonchev–Trinajstić information content (AvgIpc) is 1.71. The van der Waals surface area contributed by atoms with E-state index in [9.17, 15) is 0 Å². The molecular formula is C113H76N2. The molecule has 0 atom stereocenters. The van der Waals surface area contributed by atoms with Gasteiger partial charge in [0.1, 0.15) is 0 Å². The van der Waals surface area contributed by atoms with Crippen LogP contribution in [-0.4, -0.2) is 9.13 Å². The monoisotopic (exact) mass is 1460 g/mol. The zero-order valence-corrected chi connectivity index (χ0v) is 63.5. The quantitative estimate of drug-likeness (QED) is 0.108. The van der Waals surface area contributed by atoms with E-state index in [1.165, 1.54) is 204 Å². The minimum absolute atomic E-state index is 1.14. The molecule has 0 radical (unpaired) electrons. The van der Waals surface area contributed by atoms with Crippen molar-refractivity contribution in [2.24, 2.45) is 0 Å². The molecule has 0 amide bonds. The molecule has 2 heteroatoms. The van der Waals surface area contributed by atoms with E-state index >= 15 is 0 Å². The molecule has 0 spiro atoms. The van der Waals surface area contributed by atoms with Crippen molar-refractivity contribution >= 4 is 86.7 Å². The molecule has 0 fully saturated rings. The van der Waals surface area contributed by atoms with E-state index in [0.717, 1.165) is 11.4 Å². The highest BCUT2D eigenvalue weighted by molar-refractivity contribution is 6.24. The van der Waals surface area contributed by atoms with Crippen LogP contribution in [0.1, 0.15) is 5.56 Å².